The van der Waals surface area contributed by atoms with Crippen LogP contribution in [-0.4, -0.2) is 43.6 Å². The number of hydrogen-bond donors (Lipinski definition) is 2. The molecule has 1 saturated heterocycles. The van der Waals surface area contributed by atoms with Gasteiger partial charge in [0, 0.05) is 50.2 Å². The molecule has 0 bridgehead atoms. The largest absolute Gasteiger partial charge is 0.343 e. The summed E-state index contributed by atoms with van der Waals surface area (Å²) in [5.74, 6) is 1.72. The van der Waals surface area contributed by atoms with Gasteiger partial charge >= 0.3 is 0 Å². The van der Waals surface area contributed by atoms with E-state index in [1.807, 2.05) is 46.2 Å². The van der Waals surface area contributed by atoms with Crippen LogP contribution in [0, 0.1) is 5.92 Å². The standard InChI is InChI=1S/C29H34N6O2/c1-19(2)9-15-35-18-24(17-31-35)26-16-23-8-12-30-29(37)27(23)28(33-26)32-25-6-4-21(5-7-25)22-10-13-34(14-11-22)20(3)36/h4-8,12,16-19,22H,9-11,13-15H2,1-3H3,(H,30,37)(H,32,33). The average Bonchev–Trinajstić information content (AvgIpc) is 3.37. The van der Waals surface area contributed by atoms with Crippen molar-refractivity contribution >= 4 is 28.2 Å². The summed E-state index contributed by atoms with van der Waals surface area (Å²) >= 11 is 0. The number of nitrogens with zero attached hydrogens (tertiary/aromatic N) is 4. The molecular weight excluding hydrogens is 464 g/mol. The average molecular weight is 499 g/mol. The summed E-state index contributed by atoms with van der Waals surface area (Å²) in [6.07, 6.45) is 8.51. The number of anilines is 2. The van der Waals surface area contributed by atoms with Crippen molar-refractivity contribution in [1.82, 2.24) is 24.6 Å². The van der Waals surface area contributed by atoms with Gasteiger partial charge in [-0.15, -0.1) is 0 Å². The summed E-state index contributed by atoms with van der Waals surface area (Å²) in [6.45, 7) is 8.51. The number of aromatic amines is 1. The van der Waals surface area contributed by atoms with Gasteiger partial charge in [0.2, 0.25) is 5.91 Å². The van der Waals surface area contributed by atoms with Crippen molar-refractivity contribution in [2.24, 2.45) is 5.92 Å². The quantitative estimate of drug-likeness (QED) is 0.360. The predicted octanol–water partition coefficient (Wildman–Crippen LogP) is 5.30. The minimum absolute atomic E-state index is 0.151. The van der Waals surface area contributed by atoms with E-state index in [0.717, 1.165) is 61.2 Å². The highest BCUT2D eigenvalue weighted by atomic mass is 16.2. The first-order valence-electron chi connectivity index (χ1n) is 13.0. The monoisotopic (exact) mass is 498 g/mol. The number of fused-ring (bicyclic) bond motifs is 1. The van der Waals surface area contributed by atoms with Gasteiger partial charge in [0.1, 0.15) is 5.82 Å². The summed E-state index contributed by atoms with van der Waals surface area (Å²) in [5.41, 5.74) is 3.64. The first-order chi connectivity index (χ1) is 17.9. The van der Waals surface area contributed by atoms with Crippen molar-refractivity contribution in [1.29, 1.82) is 0 Å². The van der Waals surface area contributed by atoms with Crippen LogP contribution in [0.4, 0.5) is 11.5 Å². The zero-order valence-corrected chi connectivity index (χ0v) is 21.7. The number of nitrogens with one attached hydrogen (secondary N) is 2. The van der Waals surface area contributed by atoms with Crippen LogP contribution in [0.5, 0.6) is 0 Å². The van der Waals surface area contributed by atoms with Crippen LogP contribution in [0.15, 0.2) is 59.8 Å². The fourth-order valence-corrected chi connectivity index (χ4v) is 4.96. The first kappa shape index (κ1) is 24.7. The van der Waals surface area contributed by atoms with Gasteiger partial charge in [-0.05, 0) is 66.3 Å². The third-order valence-corrected chi connectivity index (χ3v) is 7.20. The minimum Gasteiger partial charge on any atom is -0.343 e. The number of likely N-dealkylation sites (tertiary alicyclic amines) is 1. The zero-order chi connectivity index (χ0) is 25.9. The SMILES string of the molecule is CC(=O)N1CCC(c2ccc(Nc3nc(-c4cnn(CCC(C)C)c4)cc4cc[nH]c(=O)c34)cc2)CC1. The van der Waals surface area contributed by atoms with Crippen molar-refractivity contribution in [3.05, 3.63) is 70.9 Å². The Morgan fingerprint density at radius 1 is 1.16 bits per heavy atom. The molecule has 1 aliphatic rings. The minimum atomic E-state index is -0.180. The molecule has 192 valence electrons. The summed E-state index contributed by atoms with van der Waals surface area (Å²) in [6, 6.07) is 12.2. The molecule has 0 unspecified atom stereocenters. The van der Waals surface area contributed by atoms with Crippen LogP contribution < -0.4 is 10.9 Å². The van der Waals surface area contributed by atoms with E-state index in [1.165, 1.54) is 5.56 Å². The van der Waals surface area contributed by atoms with Crippen molar-refractivity contribution < 1.29 is 4.79 Å². The second-order valence-electron chi connectivity index (χ2n) is 10.3. The van der Waals surface area contributed by atoms with Gasteiger partial charge in [-0.2, -0.15) is 5.10 Å². The van der Waals surface area contributed by atoms with Gasteiger partial charge in [0.25, 0.3) is 5.56 Å². The highest BCUT2D eigenvalue weighted by Gasteiger charge is 2.22. The first-order valence-corrected chi connectivity index (χ1v) is 13.0. The number of carbonyl (C=O) groups is 1. The van der Waals surface area contributed by atoms with Gasteiger partial charge < -0.3 is 15.2 Å². The van der Waals surface area contributed by atoms with Crippen LogP contribution in [0.2, 0.25) is 0 Å². The Balaban J connectivity index is 1.40. The topological polar surface area (TPSA) is 95.9 Å². The maximum Gasteiger partial charge on any atom is 0.259 e. The summed E-state index contributed by atoms with van der Waals surface area (Å²) in [5, 5.41) is 9.24. The van der Waals surface area contributed by atoms with Crippen LogP contribution in [0.1, 0.15) is 51.5 Å². The lowest BCUT2D eigenvalue weighted by molar-refractivity contribution is -0.129. The second kappa shape index (κ2) is 10.6. The lowest BCUT2D eigenvalue weighted by atomic mass is 9.89. The molecule has 4 heterocycles. The van der Waals surface area contributed by atoms with Crippen molar-refractivity contribution in [3.8, 4) is 11.3 Å². The van der Waals surface area contributed by atoms with E-state index in [4.69, 9.17) is 4.98 Å². The van der Waals surface area contributed by atoms with Crippen LogP contribution in [0.25, 0.3) is 22.0 Å². The van der Waals surface area contributed by atoms with E-state index < -0.39 is 0 Å². The van der Waals surface area contributed by atoms with Crippen LogP contribution in [0.3, 0.4) is 0 Å². The number of aryl methyl sites for hydroxylation is 1. The number of carbonyl (C=O) groups excluding carboxylic acids is 1. The summed E-state index contributed by atoms with van der Waals surface area (Å²) < 4.78 is 1.95. The Labute approximate surface area is 216 Å². The van der Waals surface area contributed by atoms with Crippen molar-refractivity contribution in [2.45, 2.75) is 52.5 Å². The molecule has 1 aromatic carbocycles. The van der Waals surface area contributed by atoms with E-state index in [9.17, 15) is 9.59 Å². The Morgan fingerprint density at radius 3 is 2.62 bits per heavy atom. The smallest absolute Gasteiger partial charge is 0.259 e. The molecule has 8 heteroatoms. The molecular formula is C29H34N6O2. The number of pyridine rings is 2. The summed E-state index contributed by atoms with van der Waals surface area (Å²) in [7, 11) is 0. The molecule has 0 atom stereocenters. The fraction of sp³-hybridized carbons (Fsp3) is 0.379. The molecule has 0 spiro atoms. The van der Waals surface area contributed by atoms with Gasteiger partial charge in [0.05, 0.1) is 17.3 Å². The molecule has 1 amide bonds. The normalized spacial score (nSPS) is 14.4. The van der Waals surface area contributed by atoms with E-state index in [2.05, 4.69) is 41.4 Å². The molecule has 1 aliphatic heterocycles. The predicted molar refractivity (Wildman–Crippen MR) is 147 cm³/mol. The van der Waals surface area contributed by atoms with Crippen molar-refractivity contribution in [3.63, 3.8) is 0 Å². The van der Waals surface area contributed by atoms with E-state index >= 15 is 0 Å². The molecule has 4 aromatic rings. The molecule has 2 N–H and O–H groups in total. The highest BCUT2D eigenvalue weighted by molar-refractivity contribution is 5.95. The lowest BCUT2D eigenvalue weighted by Gasteiger charge is -2.31. The Bertz CT molecular complexity index is 1450. The number of amides is 1. The zero-order valence-electron chi connectivity index (χ0n) is 21.7. The Morgan fingerprint density at radius 2 is 1.92 bits per heavy atom. The molecule has 8 nitrogen and oxygen atoms in total. The number of benzene rings is 1. The number of piperidine rings is 1. The molecule has 5 rings (SSSR count). The lowest BCUT2D eigenvalue weighted by Crippen LogP contribution is -2.36. The molecule has 0 saturated carbocycles. The van der Waals surface area contributed by atoms with Gasteiger partial charge in [-0.25, -0.2) is 4.98 Å². The van der Waals surface area contributed by atoms with E-state index in [-0.39, 0.29) is 11.5 Å². The van der Waals surface area contributed by atoms with E-state index in [0.29, 0.717) is 23.0 Å². The second-order valence-corrected chi connectivity index (χ2v) is 10.3. The van der Waals surface area contributed by atoms with Crippen LogP contribution in [-0.2, 0) is 11.3 Å². The Kier molecular flexibility index (Phi) is 7.08. The number of hydrogen-bond acceptors (Lipinski definition) is 5. The third kappa shape index (κ3) is 5.58. The number of aromatic nitrogens is 4. The third-order valence-electron chi connectivity index (χ3n) is 7.20. The van der Waals surface area contributed by atoms with Gasteiger partial charge in [-0.3, -0.25) is 14.3 Å². The summed E-state index contributed by atoms with van der Waals surface area (Å²) in [4.78, 5) is 33.9. The molecule has 0 aliphatic carbocycles. The van der Waals surface area contributed by atoms with Crippen LogP contribution >= 0.6 is 0 Å². The molecule has 3 aromatic heterocycles. The Hall–Kier alpha value is -3.94. The van der Waals surface area contributed by atoms with E-state index in [1.54, 1.807) is 13.1 Å². The van der Waals surface area contributed by atoms with Gasteiger partial charge in [0.15, 0.2) is 0 Å². The van der Waals surface area contributed by atoms with Gasteiger partial charge in [-0.1, -0.05) is 26.0 Å². The maximum absolute atomic E-state index is 12.7. The molecule has 37 heavy (non-hydrogen) atoms. The maximum atomic E-state index is 12.7. The number of rotatable bonds is 7. The fourth-order valence-electron chi connectivity index (χ4n) is 4.96. The van der Waals surface area contributed by atoms with Crippen molar-refractivity contribution in [2.75, 3.05) is 18.4 Å². The number of H-pyrrole nitrogens is 1. The highest BCUT2D eigenvalue weighted by Crippen LogP contribution is 2.31. The molecule has 1 fully saturated rings. The molecule has 0 radical (unpaired) electrons.